The maximum atomic E-state index is 5.15. The summed E-state index contributed by atoms with van der Waals surface area (Å²) in [7, 11) is 1.64. The van der Waals surface area contributed by atoms with Gasteiger partial charge in [0.2, 0.25) is 0 Å². The molecule has 0 aromatic carbocycles. The smallest absolute Gasteiger partial charge is 0.254 e. The van der Waals surface area contributed by atoms with Crippen molar-refractivity contribution in [3.05, 3.63) is 30.4 Å². The highest BCUT2D eigenvalue weighted by Crippen LogP contribution is 2.17. The molecule has 0 saturated heterocycles. The molecule has 0 aliphatic carbocycles. The first-order valence-electron chi connectivity index (χ1n) is 7.65. The molecule has 8 heteroatoms. The summed E-state index contributed by atoms with van der Waals surface area (Å²) in [5, 5.41) is 12.0. The molecule has 3 aromatic rings. The van der Waals surface area contributed by atoms with Crippen LogP contribution in [0.5, 0.6) is 0 Å². The van der Waals surface area contributed by atoms with E-state index in [9.17, 15) is 0 Å². The third-order valence-corrected chi connectivity index (χ3v) is 3.43. The molecule has 0 fully saturated rings. The van der Waals surface area contributed by atoms with E-state index >= 15 is 0 Å². The zero-order valence-corrected chi connectivity index (χ0v) is 13.6. The third-order valence-electron chi connectivity index (χ3n) is 3.43. The number of hydrogen-bond acceptors (Lipinski definition) is 6. The first kappa shape index (κ1) is 15.4. The van der Waals surface area contributed by atoms with E-state index in [2.05, 4.69) is 39.3 Å². The molecule has 3 aromatic heterocycles. The van der Waals surface area contributed by atoms with Gasteiger partial charge in [-0.3, -0.25) is 4.68 Å². The van der Waals surface area contributed by atoms with Crippen molar-refractivity contribution in [3.8, 4) is 0 Å². The van der Waals surface area contributed by atoms with E-state index in [4.69, 9.17) is 4.74 Å². The molecular weight excluding hydrogens is 294 g/mol. The largest absolute Gasteiger partial charge is 0.378 e. The van der Waals surface area contributed by atoms with Crippen LogP contribution in [0.1, 0.15) is 26.0 Å². The molecule has 3 rings (SSSR count). The van der Waals surface area contributed by atoms with Gasteiger partial charge in [-0.1, -0.05) is 13.8 Å². The summed E-state index contributed by atoms with van der Waals surface area (Å²) in [5.74, 6) is 2.71. The maximum Gasteiger partial charge on any atom is 0.254 e. The Morgan fingerprint density at radius 1 is 1.35 bits per heavy atom. The summed E-state index contributed by atoms with van der Waals surface area (Å²) < 4.78 is 8.74. The van der Waals surface area contributed by atoms with Crippen LogP contribution in [0.4, 0.5) is 11.6 Å². The minimum absolute atomic E-state index is 0.418. The lowest BCUT2D eigenvalue weighted by Gasteiger charge is -2.08. The Morgan fingerprint density at radius 2 is 2.22 bits per heavy atom. The van der Waals surface area contributed by atoms with Gasteiger partial charge in [-0.15, -0.1) is 0 Å². The van der Waals surface area contributed by atoms with Gasteiger partial charge in [0.1, 0.15) is 12.1 Å². The highest BCUT2D eigenvalue weighted by atomic mass is 16.5. The fourth-order valence-electron chi connectivity index (χ4n) is 2.25. The first-order valence-corrected chi connectivity index (χ1v) is 7.65. The van der Waals surface area contributed by atoms with E-state index in [1.807, 2.05) is 23.0 Å². The molecule has 3 heterocycles. The van der Waals surface area contributed by atoms with Crippen LogP contribution < -0.4 is 5.32 Å². The standard InChI is InChI=1S/C15H21N7O/c1-11(2)4-6-21-7-5-13(20-21)19-14-8-12(9-23-3)18-15-16-10-17-22(14)15/h5,7-8,10-11H,4,6,9H2,1-3H3,(H,19,20). The highest BCUT2D eigenvalue weighted by molar-refractivity contribution is 5.54. The third kappa shape index (κ3) is 3.65. The lowest BCUT2D eigenvalue weighted by molar-refractivity contribution is 0.181. The topological polar surface area (TPSA) is 82.2 Å². The van der Waals surface area contributed by atoms with E-state index < -0.39 is 0 Å². The van der Waals surface area contributed by atoms with E-state index in [-0.39, 0.29) is 0 Å². The van der Waals surface area contributed by atoms with Crippen LogP contribution in [0, 0.1) is 5.92 Å². The Bertz CT molecular complexity index is 777. The molecule has 23 heavy (non-hydrogen) atoms. The van der Waals surface area contributed by atoms with Gasteiger partial charge in [-0.25, -0.2) is 4.98 Å². The van der Waals surface area contributed by atoms with Gasteiger partial charge >= 0.3 is 0 Å². The van der Waals surface area contributed by atoms with Crippen molar-refractivity contribution < 1.29 is 4.74 Å². The minimum atomic E-state index is 0.418. The van der Waals surface area contributed by atoms with E-state index in [0.717, 1.165) is 30.3 Å². The monoisotopic (exact) mass is 315 g/mol. The summed E-state index contributed by atoms with van der Waals surface area (Å²) in [6.45, 7) is 5.74. The Labute approximate surface area is 134 Å². The van der Waals surface area contributed by atoms with Crippen LogP contribution in [0.15, 0.2) is 24.7 Å². The molecule has 0 aliphatic rings. The first-order chi connectivity index (χ1) is 11.2. The van der Waals surface area contributed by atoms with Crippen molar-refractivity contribution in [1.82, 2.24) is 29.4 Å². The predicted molar refractivity (Wildman–Crippen MR) is 86.5 cm³/mol. The number of nitrogens with one attached hydrogen (secondary N) is 1. The fraction of sp³-hybridized carbons (Fsp3) is 0.467. The Kier molecular flexibility index (Phi) is 4.52. The summed E-state index contributed by atoms with van der Waals surface area (Å²) in [5.41, 5.74) is 0.787. The fourth-order valence-corrected chi connectivity index (χ4v) is 2.25. The van der Waals surface area contributed by atoms with Crippen molar-refractivity contribution in [2.45, 2.75) is 33.4 Å². The van der Waals surface area contributed by atoms with Crippen molar-refractivity contribution in [3.63, 3.8) is 0 Å². The molecule has 0 aliphatic heterocycles. The lowest BCUT2D eigenvalue weighted by atomic mass is 10.1. The average Bonchev–Trinajstić information content (AvgIpc) is 3.14. The number of rotatable bonds is 7. The highest BCUT2D eigenvalue weighted by Gasteiger charge is 2.09. The molecule has 0 unspecified atom stereocenters. The zero-order valence-electron chi connectivity index (χ0n) is 13.6. The Balaban J connectivity index is 1.81. The minimum Gasteiger partial charge on any atom is -0.378 e. The van der Waals surface area contributed by atoms with E-state index in [0.29, 0.717) is 18.3 Å². The van der Waals surface area contributed by atoms with Gasteiger partial charge in [0.05, 0.1) is 12.3 Å². The van der Waals surface area contributed by atoms with Gasteiger partial charge in [-0.05, 0) is 12.3 Å². The van der Waals surface area contributed by atoms with Crippen LogP contribution in [-0.4, -0.2) is 36.5 Å². The Morgan fingerprint density at radius 3 is 3.00 bits per heavy atom. The number of methoxy groups -OCH3 is 1. The van der Waals surface area contributed by atoms with Crippen LogP contribution >= 0.6 is 0 Å². The second-order valence-corrected chi connectivity index (χ2v) is 5.81. The molecule has 0 bridgehead atoms. The predicted octanol–water partition coefficient (Wildman–Crippen LogP) is 2.26. The zero-order chi connectivity index (χ0) is 16.2. The van der Waals surface area contributed by atoms with Crippen molar-refractivity contribution in [2.24, 2.45) is 5.92 Å². The molecule has 0 atom stereocenters. The molecule has 1 N–H and O–H groups in total. The van der Waals surface area contributed by atoms with Crippen LogP contribution in [0.25, 0.3) is 5.78 Å². The Hall–Kier alpha value is -2.48. The number of hydrogen-bond donors (Lipinski definition) is 1. The number of nitrogens with zero attached hydrogens (tertiary/aromatic N) is 6. The summed E-state index contributed by atoms with van der Waals surface area (Å²) in [6, 6.07) is 3.83. The molecule has 0 saturated carbocycles. The molecule has 0 spiro atoms. The van der Waals surface area contributed by atoms with Crippen molar-refractivity contribution >= 4 is 17.4 Å². The summed E-state index contributed by atoms with van der Waals surface area (Å²) >= 11 is 0. The lowest BCUT2D eigenvalue weighted by Crippen LogP contribution is -2.06. The van der Waals surface area contributed by atoms with Gasteiger partial charge < -0.3 is 10.1 Å². The van der Waals surface area contributed by atoms with Gasteiger partial charge in [-0.2, -0.15) is 19.7 Å². The molecule has 122 valence electrons. The summed E-state index contributed by atoms with van der Waals surface area (Å²) in [6.07, 6.45) is 4.55. The van der Waals surface area contributed by atoms with E-state index in [1.54, 1.807) is 11.6 Å². The average molecular weight is 315 g/mol. The summed E-state index contributed by atoms with van der Waals surface area (Å²) in [4.78, 5) is 8.52. The van der Waals surface area contributed by atoms with Gasteiger partial charge in [0.25, 0.3) is 5.78 Å². The molecular formula is C15H21N7O. The van der Waals surface area contributed by atoms with Crippen molar-refractivity contribution in [2.75, 3.05) is 12.4 Å². The van der Waals surface area contributed by atoms with Gasteiger partial charge in [0, 0.05) is 32.0 Å². The molecule has 8 nitrogen and oxygen atoms in total. The maximum absolute atomic E-state index is 5.15. The van der Waals surface area contributed by atoms with Crippen LogP contribution in [0.3, 0.4) is 0 Å². The van der Waals surface area contributed by atoms with Crippen LogP contribution in [0.2, 0.25) is 0 Å². The number of anilines is 2. The second kappa shape index (κ2) is 6.74. The normalized spacial score (nSPS) is 11.5. The SMILES string of the molecule is COCc1cc(Nc2ccn(CCC(C)C)n2)n2ncnc2n1. The van der Waals surface area contributed by atoms with E-state index in [1.165, 1.54) is 6.33 Å². The van der Waals surface area contributed by atoms with Crippen LogP contribution in [-0.2, 0) is 17.9 Å². The van der Waals surface area contributed by atoms with Crippen molar-refractivity contribution in [1.29, 1.82) is 0 Å². The number of ether oxygens (including phenoxy) is 1. The number of aromatic nitrogens is 6. The molecule has 0 radical (unpaired) electrons. The number of aryl methyl sites for hydroxylation is 1. The number of fused-ring (bicyclic) bond motifs is 1. The quantitative estimate of drug-likeness (QED) is 0.720. The second-order valence-electron chi connectivity index (χ2n) is 5.81. The van der Waals surface area contributed by atoms with Gasteiger partial charge in [0.15, 0.2) is 5.82 Å². The molecule has 0 amide bonds.